The number of para-hydroxylation sites is 1. The molecule has 2 aromatic rings. The Balaban J connectivity index is 2.34. The SMILES string of the molecule is COc1cccc(OC)c1N(CCn1cccn1)C(=O)CCl. The summed E-state index contributed by atoms with van der Waals surface area (Å²) in [5, 5.41) is 4.14. The molecular formula is C15H18ClN3O3. The quantitative estimate of drug-likeness (QED) is 0.733. The lowest BCUT2D eigenvalue weighted by Gasteiger charge is -2.25. The van der Waals surface area contributed by atoms with Gasteiger partial charge in [-0.25, -0.2) is 0 Å². The Kier molecular flexibility index (Phi) is 5.66. The number of benzene rings is 1. The summed E-state index contributed by atoms with van der Waals surface area (Å²) < 4.78 is 12.5. The number of nitrogens with zero attached hydrogens (tertiary/aromatic N) is 3. The van der Waals surface area contributed by atoms with Crippen LogP contribution in [0.5, 0.6) is 11.5 Å². The van der Waals surface area contributed by atoms with Crippen molar-refractivity contribution in [2.75, 3.05) is 31.5 Å². The monoisotopic (exact) mass is 323 g/mol. The first-order valence-electron chi connectivity index (χ1n) is 6.76. The summed E-state index contributed by atoms with van der Waals surface area (Å²) in [5.74, 6) is 0.758. The van der Waals surface area contributed by atoms with Crippen molar-refractivity contribution in [3.63, 3.8) is 0 Å². The van der Waals surface area contributed by atoms with Crippen LogP contribution >= 0.6 is 11.6 Å². The molecule has 0 bridgehead atoms. The Labute approximate surface area is 134 Å². The van der Waals surface area contributed by atoms with Crippen LogP contribution in [0.2, 0.25) is 0 Å². The molecule has 0 aliphatic heterocycles. The summed E-state index contributed by atoms with van der Waals surface area (Å²) in [7, 11) is 3.10. The zero-order valence-corrected chi connectivity index (χ0v) is 13.3. The minimum atomic E-state index is -0.225. The smallest absolute Gasteiger partial charge is 0.242 e. The Morgan fingerprint density at radius 1 is 1.27 bits per heavy atom. The third-order valence-corrected chi connectivity index (χ3v) is 3.43. The van der Waals surface area contributed by atoms with E-state index >= 15 is 0 Å². The van der Waals surface area contributed by atoms with Crippen LogP contribution in [0.3, 0.4) is 0 Å². The van der Waals surface area contributed by atoms with Crippen molar-refractivity contribution in [2.24, 2.45) is 0 Å². The van der Waals surface area contributed by atoms with E-state index in [0.717, 1.165) is 0 Å². The lowest BCUT2D eigenvalue weighted by molar-refractivity contribution is -0.116. The van der Waals surface area contributed by atoms with E-state index in [4.69, 9.17) is 21.1 Å². The van der Waals surface area contributed by atoms with Crippen LogP contribution in [-0.4, -0.2) is 42.3 Å². The second-order valence-corrected chi connectivity index (χ2v) is 4.73. The highest BCUT2D eigenvalue weighted by molar-refractivity contribution is 6.29. The van der Waals surface area contributed by atoms with Crippen molar-refractivity contribution >= 4 is 23.2 Å². The molecule has 118 valence electrons. The van der Waals surface area contributed by atoms with Gasteiger partial charge < -0.3 is 14.4 Å². The van der Waals surface area contributed by atoms with Crippen LogP contribution in [0.4, 0.5) is 5.69 Å². The van der Waals surface area contributed by atoms with Crippen LogP contribution < -0.4 is 14.4 Å². The van der Waals surface area contributed by atoms with E-state index in [2.05, 4.69) is 5.10 Å². The van der Waals surface area contributed by atoms with Gasteiger partial charge >= 0.3 is 0 Å². The number of halogens is 1. The first-order valence-corrected chi connectivity index (χ1v) is 7.29. The van der Waals surface area contributed by atoms with E-state index in [0.29, 0.717) is 30.3 Å². The Morgan fingerprint density at radius 2 is 1.95 bits per heavy atom. The number of aromatic nitrogens is 2. The number of alkyl halides is 1. The number of hydrogen-bond donors (Lipinski definition) is 0. The van der Waals surface area contributed by atoms with E-state index in [1.165, 1.54) is 0 Å². The minimum Gasteiger partial charge on any atom is -0.494 e. The van der Waals surface area contributed by atoms with Gasteiger partial charge in [-0.1, -0.05) is 6.07 Å². The third kappa shape index (κ3) is 3.51. The van der Waals surface area contributed by atoms with E-state index < -0.39 is 0 Å². The Bertz CT molecular complexity index is 594. The number of carbonyl (C=O) groups excluding carboxylic acids is 1. The average Bonchev–Trinajstić information content (AvgIpc) is 3.08. The number of methoxy groups -OCH3 is 2. The number of hydrogen-bond acceptors (Lipinski definition) is 4. The number of rotatable bonds is 7. The molecule has 0 aliphatic carbocycles. The standard InChI is InChI=1S/C15H18ClN3O3/c1-21-12-5-3-6-13(22-2)15(12)19(14(20)11-16)10-9-18-8-4-7-17-18/h3-8H,9-11H2,1-2H3. The number of anilines is 1. The number of amides is 1. The van der Waals surface area contributed by atoms with Crippen molar-refractivity contribution in [3.05, 3.63) is 36.7 Å². The molecule has 1 heterocycles. The van der Waals surface area contributed by atoms with Crippen LogP contribution in [0.1, 0.15) is 0 Å². The molecule has 2 rings (SSSR count). The molecule has 0 aliphatic rings. The molecule has 6 nitrogen and oxygen atoms in total. The molecule has 0 unspecified atom stereocenters. The van der Waals surface area contributed by atoms with E-state index in [9.17, 15) is 4.79 Å². The van der Waals surface area contributed by atoms with Gasteiger partial charge in [0.05, 0.1) is 20.8 Å². The fourth-order valence-corrected chi connectivity index (χ4v) is 2.31. The van der Waals surface area contributed by atoms with Gasteiger partial charge in [0.25, 0.3) is 0 Å². The van der Waals surface area contributed by atoms with Crippen molar-refractivity contribution in [2.45, 2.75) is 6.54 Å². The first kappa shape index (κ1) is 16.2. The second kappa shape index (κ2) is 7.70. The van der Waals surface area contributed by atoms with E-state index in [1.807, 2.05) is 12.3 Å². The molecule has 0 radical (unpaired) electrons. The molecule has 0 N–H and O–H groups in total. The fourth-order valence-electron chi connectivity index (χ4n) is 2.17. The van der Waals surface area contributed by atoms with Crippen LogP contribution in [0.25, 0.3) is 0 Å². The Hall–Kier alpha value is -2.21. The van der Waals surface area contributed by atoms with Crippen molar-refractivity contribution in [1.82, 2.24) is 9.78 Å². The van der Waals surface area contributed by atoms with Gasteiger partial charge in [0.2, 0.25) is 5.91 Å². The normalized spacial score (nSPS) is 10.3. The van der Waals surface area contributed by atoms with Gasteiger partial charge in [0, 0.05) is 18.9 Å². The molecule has 1 aromatic carbocycles. The third-order valence-electron chi connectivity index (χ3n) is 3.20. The summed E-state index contributed by atoms with van der Waals surface area (Å²) in [5.41, 5.74) is 0.574. The van der Waals surface area contributed by atoms with E-state index in [-0.39, 0.29) is 11.8 Å². The highest BCUT2D eigenvalue weighted by Gasteiger charge is 2.22. The van der Waals surface area contributed by atoms with Crippen LogP contribution in [-0.2, 0) is 11.3 Å². The van der Waals surface area contributed by atoms with Gasteiger partial charge in [-0.3, -0.25) is 9.48 Å². The maximum absolute atomic E-state index is 12.3. The molecule has 0 saturated carbocycles. The maximum Gasteiger partial charge on any atom is 0.242 e. The molecule has 22 heavy (non-hydrogen) atoms. The summed E-state index contributed by atoms with van der Waals surface area (Å²) in [6.07, 6.45) is 3.53. The molecule has 0 fully saturated rings. The number of carbonyl (C=O) groups is 1. The summed E-state index contributed by atoms with van der Waals surface area (Å²) in [6, 6.07) is 7.19. The first-order chi connectivity index (χ1) is 10.7. The molecule has 7 heteroatoms. The average molecular weight is 324 g/mol. The van der Waals surface area contributed by atoms with Crippen molar-refractivity contribution < 1.29 is 14.3 Å². The zero-order chi connectivity index (χ0) is 15.9. The van der Waals surface area contributed by atoms with Gasteiger partial charge in [-0.05, 0) is 18.2 Å². The van der Waals surface area contributed by atoms with Gasteiger partial charge in [-0.15, -0.1) is 11.6 Å². The maximum atomic E-state index is 12.3. The largest absolute Gasteiger partial charge is 0.494 e. The summed E-state index contributed by atoms with van der Waals surface area (Å²) >= 11 is 5.75. The highest BCUT2D eigenvalue weighted by Crippen LogP contribution is 2.37. The van der Waals surface area contributed by atoms with Crippen LogP contribution in [0.15, 0.2) is 36.7 Å². The zero-order valence-electron chi connectivity index (χ0n) is 12.5. The molecule has 0 saturated heterocycles. The van der Waals surface area contributed by atoms with Gasteiger partial charge in [0.1, 0.15) is 23.1 Å². The minimum absolute atomic E-state index is 0.125. The molecule has 1 amide bonds. The molecule has 0 spiro atoms. The van der Waals surface area contributed by atoms with Gasteiger partial charge in [-0.2, -0.15) is 5.10 Å². The highest BCUT2D eigenvalue weighted by atomic mass is 35.5. The van der Waals surface area contributed by atoms with Gasteiger partial charge in [0.15, 0.2) is 0 Å². The lowest BCUT2D eigenvalue weighted by atomic mass is 10.2. The van der Waals surface area contributed by atoms with E-state index in [1.54, 1.807) is 48.2 Å². The summed E-state index contributed by atoms with van der Waals surface area (Å²) in [4.78, 5) is 13.8. The van der Waals surface area contributed by atoms with Crippen molar-refractivity contribution in [1.29, 1.82) is 0 Å². The van der Waals surface area contributed by atoms with Crippen molar-refractivity contribution in [3.8, 4) is 11.5 Å². The summed E-state index contributed by atoms with van der Waals surface area (Å²) in [6.45, 7) is 0.945. The number of ether oxygens (including phenoxy) is 2. The second-order valence-electron chi connectivity index (χ2n) is 4.46. The predicted octanol–water partition coefficient (Wildman–Crippen LogP) is 2.17. The fraction of sp³-hybridized carbons (Fsp3) is 0.333. The molecule has 0 atom stereocenters. The predicted molar refractivity (Wildman–Crippen MR) is 84.8 cm³/mol. The molecular weight excluding hydrogens is 306 g/mol. The molecule has 1 aromatic heterocycles. The Morgan fingerprint density at radius 3 is 2.45 bits per heavy atom. The van der Waals surface area contributed by atoms with Crippen LogP contribution in [0, 0.1) is 0 Å². The lowest BCUT2D eigenvalue weighted by Crippen LogP contribution is -2.35. The topological polar surface area (TPSA) is 56.6 Å².